The van der Waals surface area contributed by atoms with E-state index in [9.17, 15) is 13.6 Å². The van der Waals surface area contributed by atoms with E-state index in [0.29, 0.717) is 10.7 Å². The molecule has 4 rings (SSSR count). The number of rotatable bonds is 9. The average molecular weight is 488 g/mol. The number of methoxy groups -OCH3 is 1. The zero-order valence-corrected chi connectivity index (χ0v) is 18.8. The Labute approximate surface area is 196 Å². The van der Waals surface area contributed by atoms with Gasteiger partial charge in [0, 0.05) is 11.3 Å². The summed E-state index contributed by atoms with van der Waals surface area (Å²) in [6.07, 6.45) is 3.30. The van der Waals surface area contributed by atoms with Crippen molar-refractivity contribution in [1.29, 1.82) is 0 Å². The number of para-hydroxylation sites is 1. The van der Waals surface area contributed by atoms with E-state index in [1.165, 1.54) is 43.3 Å². The molecule has 2 aromatic heterocycles. The average Bonchev–Trinajstić information content (AvgIpc) is 3.50. The number of hydrogen-bond donors (Lipinski definition) is 0. The van der Waals surface area contributed by atoms with Crippen LogP contribution in [0.25, 0.3) is 17.1 Å². The SMILES string of the molecule is COc1cc(-c2noc(COC(=O)c3cnc(SC)n3-c3ccccc3)n2)ccc1OC(F)F. The Hall–Kier alpha value is -3.93. The van der Waals surface area contributed by atoms with Crippen molar-refractivity contribution >= 4 is 17.7 Å². The van der Waals surface area contributed by atoms with Crippen LogP contribution in [0.1, 0.15) is 16.4 Å². The van der Waals surface area contributed by atoms with E-state index >= 15 is 0 Å². The highest BCUT2D eigenvalue weighted by Gasteiger charge is 2.20. The first-order valence-corrected chi connectivity index (χ1v) is 11.0. The van der Waals surface area contributed by atoms with Crippen LogP contribution >= 0.6 is 11.8 Å². The lowest BCUT2D eigenvalue weighted by Crippen LogP contribution is -2.12. The Morgan fingerprint density at radius 3 is 2.68 bits per heavy atom. The molecule has 0 aliphatic rings. The van der Waals surface area contributed by atoms with E-state index in [1.807, 2.05) is 36.6 Å². The van der Waals surface area contributed by atoms with E-state index in [4.69, 9.17) is 14.0 Å². The van der Waals surface area contributed by atoms with Crippen molar-refractivity contribution in [3.8, 4) is 28.6 Å². The van der Waals surface area contributed by atoms with E-state index < -0.39 is 12.6 Å². The van der Waals surface area contributed by atoms with Crippen molar-refractivity contribution in [2.45, 2.75) is 18.4 Å². The fourth-order valence-corrected chi connectivity index (χ4v) is 3.63. The molecule has 0 unspecified atom stereocenters. The highest BCUT2D eigenvalue weighted by molar-refractivity contribution is 7.98. The Morgan fingerprint density at radius 2 is 1.97 bits per heavy atom. The molecule has 0 amide bonds. The third-order valence-electron chi connectivity index (χ3n) is 4.57. The molecule has 12 heteroatoms. The molecule has 9 nitrogen and oxygen atoms in total. The Kier molecular flexibility index (Phi) is 7.07. The number of halogens is 2. The van der Waals surface area contributed by atoms with E-state index in [1.54, 1.807) is 4.57 Å². The van der Waals surface area contributed by atoms with Crippen LogP contribution in [-0.4, -0.2) is 45.6 Å². The third-order valence-corrected chi connectivity index (χ3v) is 5.22. The maximum atomic E-state index is 12.8. The highest BCUT2D eigenvalue weighted by Crippen LogP contribution is 2.32. The van der Waals surface area contributed by atoms with Crippen LogP contribution in [0.3, 0.4) is 0 Å². The highest BCUT2D eigenvalue weighted by atomic mass is 32.2. The van der Waals surface area contributed by atoms with Crippen molar-refractivity contribution < 1.29 is 32.3 Å². The number of benzene rings is 2. The van der Waals surface area contributed by atoms with Gasteiger partial charge in [0.05, 0.1) is 13.3 Å². The van der Waals surface area contributed by atoms with Crippen molar-refractivity contribution in [3.05, 3.63) is 66.3 Å². The Morgan fingerprint density at radius 1 is 1.18 bits per heavy atom. The first kappa shape index (κ1) is 23.2. The summed E-state index contributed by atoms with van der Waals surface area (Å²) in [7, 11) is 1.32. The van der Waals surface area contributed by atoms with Crippen molar-refractivity contribution in [3.63, 3.8) is 0 Å². The summed E-state index contributed by atoms with van der Waals surface area (Å²) < 4.78 is 46.7. The molecule has 0 aliphatic heterocycles. The molecule has 0 saturated heterocycles. The summed E-state index contributed by atoms with van der Waals surface area (Å²) in [6, 6.07) is 13.5. The van der Waals surface area contributed by atoms with E-state index in [2.05, 4.69) is 19.9 Å². The van der Waals surface area contributed by atoms with Gasteiger partial charge in [0.25, 0.3) is 5.89 Å². The number of nitrogens with zero attached hydrogens (tertiary/aromatic N) is 4. The number of alkyl halides is 2. The lowest BCUT2D eigenvalue weighted by Gasteiger charge is -2.10. The number of esters is 1. The van der Waals surface area contributed by atoms with Crippen LogP contribution in [0.15, 0.2) is 64.4 Å². The van der Waals surface area contributed by atoms with Crippen LogP contribution in [0, 0.1) is 0 Å². The minimum atomic E-state index is -2.99. The normalized spacial score (nSPS) is 11.0. The lowest BCUT2D eigenvalue weighted by atomic mass is 10.2. The van der Waals surface area contributed by atoms with Crippen LogP contribution in [0.4, 0.5) is 8.78 Å². The number of aromatic nitrogens is 4. The van der Waals surface area contributed by atoms with Crippen LogP contribution in [-0.2, 0) is 11.3 Å². The first-order chi connectivity index (χ1) is 16.5. The number of ether oxygens (including phenoxy) is 3. The molecular formula is C22H18F2N4O5S. The molecule has 4 aromatic rings. The predicted molar refractivity (Wildman–Crippen MR) is 117 cm³/mol. The Bertz CT molecular complexity index is 1280. The molecule has 2 aromatic carbocycles. The molecule has 34 heavy (non-hydrogen) atoms. The van der Waals surface area contributed by atoms with Gasteiger partial charge in [-0.15, -0.1) is 0 Å². The zero-order chi connectivity index (χ0) is 24.1. The molecule has 0 saturated carbocycles. The van der Waals surface area contributed by atoms with Gasteiger partial charge < -0.3 is 18.7 Å². The third kappa shape index (κ3) is 5.01. The fraction of sp³-hybridized carbons (Fsp3) is 0.182. The molecule has 0 atom stereocenters. The number of carbonyl (C=O) groups excluding carboxylic acids is 1. The molecule has 0 aliphatic carbocycles. The van der Waals surface area contributed by atoms with Gasteiger partial charge in [-0.05, 0) is 36.6 Å². The number of thioether (sulfide) groups is 1. The predicted octanol–water partition coefficient (Wildman–Crippen LogP) is 4.61. The monoisotopic (exact) mass is 488 g/mol. The molecule has 2 heterocycles. The molecule has 0 radical (unpaired) electrons. The van der Waals surface area contributed by atoms with E-state index in [0.717, 1.165) is 5.69 Å². The van der Waals surface area contributed by atoms with E-state index in [-0.39, 0.29) is 35.5 Å². The molecule has 0 fully saturated rings. The largest absolute Gasteiger partial charge is 0.493 e. The van der Waals surface area contributed by atoms with Gasteiger partial charge in [0.1, 0.15) is 0 Å². The maximum Gasteiger partial charge on any atom is 0.387 e. The lowest BCUT2D eigenvalue weighted by molar-refractivity contribution is -0.0512. The van der Waals surface area contributed by atoms with Crippen molar-refractivity contribution in [2.75, 3.05) is 13.4 Å². The number of carbonyl (C=O) groups is 1. The van der Waals surface area contributed by atoms with Gasteiger partial charge in [0.15, 0.2) is 29.0 Å². The summed E-state index contributed by atoms with van der Waals surface area (Å²) in [4.78, 5) is 21.2. The van der Waals surface area contributed by atoms with Crippen LogP contribution in [0.5, 0.6) is 11.5 Å². The molecule has 176 valence electrons. The molecule has 0 N–H and O–H groups in total. The Balaban J connectivity index is 1.48. The summed E-state index contributed by atoms with van der Waals surface area (Å²) in [5.74, 6) is -0.461. The quantitative estimate of drug-likeness (QED) is 0.247. The second-order valence-electron chi connectivity index (χ2n) is 6.63. The molecule has 0 spiro atoms. The minimum Gasteiger partial charge on any atom is -0.493 e. The maximum absolute atomic E-state index is 12.8. The van der Waals surface area contributed by atoms with Crippen molar-refractivity contribution in [2.24, 2.45) is 0 Å². The van der Waals surface area contributed by atoms with Gasteiger partial charge >= 0.3 is 12.6 Å². The first-order valence-electron chi connectivity index (χ1n) is 9.80. The van der Waals surface area contributed by atoms with Crippen molar-refractivity contribution in [1.82, 2.24) is 19.7 Å². The van der Waals surface area contributed by atoms with Gasteiger partial charge in [-0.1, -0.05) is 35.1 Å². The van der Waals surface area contributed by atoms with Crippen LogP contribution < -0.4 is 9.47 Å². The standard InChI is InChI=1S/C22H18F2N4O5S/c1-30-17-10-13(8-9-16(17)32-21(23)24)19-26-18(33-27-19)12-31-20(29)15-11-25-22(34-2)28(15)14-6-4-3-5-7-14/h3-11,21H,12H2,1-2H3. The number of hydrogen-bond acceptors (Lipinski definition) is 9. The summed E-state index contributed by atoms with van der Waals surface area (Å²) in [5, 5.41) is 4.47. The van der Waals surface area contributed by atoms with Crippen LogP contribution in [0.2, 0.25) is 0 Å². The minimum absolute atomic E-state index is 0.0473. The second kappa shape index (κ2) is 10.3. The fourth-order valence-electron chi connectivity index (χ4n) is 3.08. The summed E-state index contributed by atoms with van der Waals surface area (Å²) in [5.41, 5.74) is 1.45. The summed E-state index contributed by atoms with van der Waals surface area (Å²) >= 11 is 1.39. The van der Waals surface area contributed by atoms with Gasteiger partial charge in [0.2, 0.25) is 5.82 Å². The van der Waals surface area contributed by atoms with Gasteiger partial charge in [-0.25, -0.2) is 9.78 Å². The smallest absolute Gasteiger partial charge is 0.387 e. The topological polar surface area (TPSA) is 102 Å². The summed E-state index contributed by atoms with van der Waals surface area (Å²) in [6.45, 7) is -3.26. The zero-order valence-electron chi connectivity index (χ0n) is 18.0. The number of imidazole rings is 1. The van der Waals surface area contributed by atoms with Gasteiger partial charge in [-0.2, -0.15) is 13.8 Å². The molecule has 0 bridgehead atoms. The molecular weight excluding hydrogens is 470 g/mol. The van der Waals surface area contributed by atoms with Gasteiger partial charge in [-0.3, -0.25) is 4.57 Å². The second-order valence-corrected chi connectivity index (χ2v) is 7.41.